The van der Waals surface area contributed by atoms with E-state index in [1.54, 1.807) is 6.20 Å². The Morgan fingerprint density at radius 1 is 1.40 bits per heavy atom. The summed E-state index contributed by atoms with van der Waals surface area (Å²) < 4.78 is 0. The van der Waals surface area contributed by atoms with E-state index >= 15 is 0 Å². The number of nitrogens with zero attached hydrogens (tertiary/aromatic N) is 2. The Balaban J connectivity index is 0. The van der Waals surface area contributed by atoms with Gasteiger partial charge >= 0.3 is 0 Å². The van der Waals surface area contributed by atoms with Gasteiger partial charge in [-0.1, -0.05) is 26.5 Å². The fraction of sp³-hybridized carbons (Fsp3) is 0.429. The molecule has 1 aromatic rings. The van der Waals surface area contributed by atoms with E-state index in [1.807, 2.05) is 20.8 Å². The molecule has 0 unspecified atom stereocenters. The summed E-state index contributed by atoms with van der Waals surface area (Å²) in [5.74, 6) is 0. The summed E-state index contributed by atoms with van der Waals surface area (Å²) in [5, 5.41) is 0. The molecule has 1 aromatic heterocycles. The number of aromatic nitrogens is 2. The molecule has 0 amide bonds. The van der Waals surface area contributed by atoms with E-state index in [9.17, 15) is 0 Å². The molecule has 0 N–H and O–H groups in total. The van der Waals surface area contributed by atoms with Crippen LogP contribution < -0.4 is 0 Å². The van der Waals surface area contributed by atoms with Crippen molar-refractivity contribution in [2.75, 3.05) is 0 Å². The second-order valence-electron chi connectivity index (χ2n) is 1.29. The van der Waals surface area contributed by atoms with E-state index in [0.717, 1.165) is 5.69 Å². The van der Waals surface area contributed by atoms with E-state index < -0.39 is 0 Å². The van der Waals surface area contributed by atoms with Gasteiger partial charge < -0.3 is 9.97 Å². The summed E-state index contributed by atoms with van der Waals surface area (Å²) >= 11 is 0. The molecule has 0 aliphatic rings. The molecule has 0 bridgehead atoms. The third kappa shape index (κ3) is 6.31. The van der Waals surface area contributed by atoms with Crippen LogP contribution in [0.25, 0.3) is 0 Å². The normalized spacial score (nSPS) is 6.70. The van der Waals surface area contributed by atoms with Gasteiger partial charge in [0.2, 0.25) is 0 Å². The Hall–Kier alpha value is 0.184. The predicted molar refractivity (Wildman–Crippen MR) is 37.0 cm³/mol. The van der Waals surface area contributed by atoms with Crippen molar-refractivity contribution in [3.05, 3.63) is 24.3 Å². The molecule has 1 heterocycles. The summed E-state index contributed by atoms with van der Waals surface area (Å²) in [6, 6.07) is 0. The Morgan fingerprint density at radius 2 is 2.00 bits per heavy atom. The maximum Gasteiger partial charge on any atom is 0 e. The monoisotopic (exact) mass is 212 g/mol. The van der Waals surface area contributed by atoms with Crippen molar-refractivity contribution < 1.29 is 32.7 Å². The molecular weight excluding hydrogens is 201 g/mol. The molecule has 53 valence electrons. The van der Waals surface area contributed by atoms with E-state index in [-0.39, 0.29) is 32.7 Å². The minimum atomic E-state index is 0. The molecular formula is C7H11N2Y-. The Morgan fingerprint density at radius 3 is 2.20 bits per heavy atom. The van der Waals surface area contributed by atoms with Crippen molar-refractivity contribution in [1.82, 2.24) is 9.97 Å². The fourth-order valence-electron chi connectivity index (χ4n) is 0.338. The van der Waals surface area contributed by atoms with Crippen molar-refractivity contribution >= 4 is 0 Å². The van der Waals surface area contributed by atoms with Gasteiger partial charge in [0.1, 0.15) is 0 Å². The largest absolute Gasteiger partial charge is 0.453 e. The van der Waals surface area contributed by atoms with Gasteiger partial charge in [-0.3, -0.25) is 0 Å². The third-order valence-electron chi connectivity index (χ3n) is 0.635. The molecule has 0 saturated carbocycles. The van der Waals surface area contributed by atoms with Crippen molar-refractivity contribution in [3.8, 4) is 0 Å². The van der Waals surface area contributed by atoms with Gasteiger partial charge in [0.25, 0.3) is 0 Å². The molecule has 10 heavy (non-hydrogen) atoms. The minimum absolute atomic E-state index is 0. The topological polar surface area (TPSA) is 25.8 Å². The first-order valence-corrected chi connectivity index (χ1v) is 3.04. The zero-order valence-corrected chi connectivity index (χ0v) is 9.46. The van der Waals surface area contributed by atoms with Crippen molar-refractivity contribution in [2.24, 2.45) is 0 Å². The summed E-state index contributed by atoms with van der Waals surface area (Å²) in [6.07, 6.45) is 5.83. The van der Waals surface area contributed by atoms with Gasteiger partial charge in [-0.2, -0.15) is 0 Å². The van der Waals surface area contributed by atoms with Gasteiger partial charge in [0.15, 0.2) is 0 Å². The molecule has 1 radical (unpaired) electrons. The number of hydrogen-bond donors (Lipinski definition) is 0. The summed E-state index contributed by atoms with van der Waals surface area (Å²) in [6.45, 7) is 5.88. The molecule has 2 nitrogen and oxygen atoms in total. The second-order valence-corrected chi connectivity index (χ2v) is 1.29. The molecule has 0 fully saturated rings. The molecule has 0 saturated heterocycles. The van der Waals surface area contributed by atoms with Crippen LogP contribution in [0.3, 0.4) is 0 Å². The van der Waals surface area contributed by atoms with Crippen molar-refractivity contribution in [1.29, 1.82) is 0 Å². The van der Waals surface area contributed by atoms with Gasteiger partial charge in [-0.05, 0) is 12.4 Å². The molecule has 1 rings (SSSR count). The average Bonchev–Trinajstić information content (AvgIpc) is 1.94. The van der Waals surface area contributed by atoms with E-state index in [1.165, 1.54) is 6.20 Å². The van der Waals surface area contributed by atoms with Crippen molar-refractivity contribution in [3.63, 3.8) is 0 Å². The van der Waals surface area contributed by atoms with Gasteiger partial charge in [-0.25, -0.2) is 0 Å². The Kier molecular flexibility index (Phi) is 11.8. The van der Waals surface area contributed by atoms with E-state index in [2.05, 4.69) is 16.2 Å². The quantitative estimate of drug-likeness (QED) is 0.610. The number of rotatable bonds is 0. The summed E-state index contributed by atoms with van der Waals surface area (Å²) in [7, 11) is 0. The van der Waals surface area contributed by atoms with Crippen LogP contribution in [0.2, 0.25) is 0 Å². The number of hydrogen-bond acceptors (Lipinski definition) is 2. The summed E-state index contributed by atoms with van der Waals surface area (Å²) in [5.41, 5.74) is 0.905. The Bertz CT molecular complexity index is 142. The van der Waals surface area contributed by atoms with Crippen LogP contribution in [0.4, 0.5) is 0 Å². The minimum Gasteiger partial charge on any atom is -0.453 e. The second kappa shape index (κ2) is 9.18. The van der Waals surface area contributed by atoms with Gasteiger partial charge in [-0.15, -0.1) is 6.20 Å². The van der Waals surface area contributed by atoms with Gasteiger partial charge in [0, 0.05) is 32.7 Å². The Labute approximate surface area is 87.4 Å². The van der Waals surface area contributed by atoms with Gasteiger partial charge in [0.05, 0.1) is 0 Å². The molecule has 0 atom stereocenters. The van der Waals surface area contributed by atoms with E-state index in [0.29, 0.717) is 0 Å². The smallest absolute Gasteiger partial charge is 0 e. The van der Waals surface area contributed by atoms with Crippen LogP contribution in [0.15, 0.2) is 12.4 Å². The number of aryl methyl sites for hydroxylation is 1. The first-order valence-electron chi connectivity index (χ1n) is 3.04. The van der Waals surface area contributed by atoms with Crippen LogP contribution in [-0.2, 0) is 32.7 Å². The predicted octanol–water partition coefficient (Wildman–Crippen LogP) is 1.61. The fourth-order valence-corrected chi connectivity index (χ4v) is 0.338. The zero-order valence-electron chi connectivity index (χ0n) is 6.63. The zero-order chi connectivity index (χ0) is 7.11. The maximum absolute atomic E-state index is 3.79. The maximum atomic E-state index is 3.79. The molecule has 0 aliphatic carbocycles. The van der Waals surface area contributed by atoms with Crippen LogP contribution in [0.5, 0.6) is 0 Å². The first-order chi connectivity index (χ1) is 4.39. The molecule has 0 aliphatic heterocycles. The summed E-state index contributed by atoms with van der Waals surface area (Å²) in [4.78, 5) is 7.56. The first kappa shape index (κ1) is 12.8. The molecule has 0 spiro atoms. The average molecular weight is 212 g/mol. The van der Waals surface area contributed by atoms with E-state index in [4.69, 9.17) is 0 Å². The standard InChI is InChI=1S/C5H5N2.C2H6.Y/c1-5-4-6-2-3-7-5;1-2;/h2,4H,1H3;1-2H3;/q-1;;. The van der Waals surface area contributed by atoms with Crippen LogP contribution >= 0.6 is 0 Å². The SMILES string of the molecule is CC.Cc1cnc[c-]n1.[Y]. The third-order valence-corrected chi connectivity index (χ3v) is 0.635. The van der Waals surface area contributed by atoms with Crippen molar-refractivity contribution in [2.45, 2.75) is 20.8 Å². The molecule has 0 aromatic carbocycles. The van der Waals surface area contributed by atoms with Crippen LogP contribution in [0, 0.1) is 13.1 Å². The van der Waals surface area contributed by atoms with Crippen LogP contribution in [0.1, 0.15) is 19.5 Å². The molecule has 3 heteroatoms. The van der Waals surface area contributed by atoms with Crippen LogP contribution in [-0.4, -0.2) is 9.97 Å².